The summed E-state index contributed by atoms with van der Waals surface area (Å²) in [6.07, 6.45) is 1.89. The predicted molar refractivity (Wildman–Crippen MR) is 89.2 cm³/mol. The third-order valence-corrected chi connectivity index (χ3v) is 3.52. The molecule has 0 aromatic heterocycles. The molecule has 1 saturated carbocycles. The lowest BCUT2D eigenvalue weighted by molar-refractivity contribution is 0.118. The van der Waals surface area contributed by atoms with E-state index < -0.39 is 0 Å². The first-order chi connectivity index (χ1) is 9.72. The molecule has 1 aromatic rings. The number of hydrogen-bond acceptors (Lipinski definition) is 2. The van der Waals surface area contributed by atoms with Crippen molar-refractivity contribution in [2.45, 2.75) is 65.5 Å². The maximum atomic E-state index is 9.62. The highest BCUT2D eigenvalue weighted by molar-refractivity contribution is 5.27. The Bertz CT molecular complexity index is 325. The van der Waals surface area contributed by atoms with Crippen LogP contribution in [0.15, 0.2) is 30.3 Å². The van der Waals surface area contributed by atoms with E-state index in [0.29, 0.717) is 12.0 Å². The highest BCUT2D eigenvalue weighted by Crippen LogP contribution is 2.43. The quantitative estimate of drug-likeness (QED) is 0.868. The Morgan fingerprint density at radius 3 is 2.20 bits per heavy atom. The molecule has 1 aromatic carbocycles. The summed E-state index contributed by atoms with van der Waals surface area (Å²) in [5, 5.41) is 9.62. The van der Waals surface area contributed by atoms with Crippen molar-refractivity contribution in [3.63, 3.8) is 0 Å². The van der Waals surface area contributed by atoms with Crippen molar-refractivity contribution in [1.82, 2.24) is 4.90 Å². The molecular weight excluding hydrogens is 246 g/mol. The molecule has 2 nitrogen and oxygen atoms in total. The summed E-state index contributed by atoms with van der Waals surface area (Å²) in [7, 11) is 2.12. The summed E-state index contributed by atoms with van der Waals surface area (Å²) in [6.45, 7) is 10.8. The zero-order chi connectivity index (χ0) is 15.5. The molecule has 1 N–H and O–H groups in total. The van der Waals surface area contributed by atoms with Gasteiger partial charge in [0, 0.05) is 18.5 Å². The molecule has 3 atom stereocenters. The van der Waals surface area contributed by atoms with Gasteiger partial charge in [-0.25, -0.2) is 0 Å². The molecular formula is C18H33NO. The minimum Gasteiger partial charge on any atom is -0.392 e. The lowest BCUT2D eigenvalue weighted by Gasteiger charge is -2.19. The van der Waals surface area contributed by atoms with Crippen LogP contribution < -0.4 is 0 Å². The molecule has 0 amide bonds. The average molecular weight is 279 g/mol. The smallest absolute Gasteiger partial charge is 0.0664 e. The Morgan fingerprint density at radius 2 is 1.70 bits per heavy atom. The van der Waals surface area contributed by atoms with Gasteiger partial charge in [0.1, 0.15) is 0 Å². The Kier molecular flexibility index (Phi) is 10.4. The van der Waals surface area contributed by atoms with Gasteiger partial charge in [-0.15, -0.1) is 0 Å². The van der Waals surface area contributed by atoms with Gasteiger partial charge in [0.2, 0.25) is 0 Å². The zero-order valence-corrected chi connectivity index (χ0v) is 14.1. The van der Waals surface area contributed by atoms with Crippen LogP contribution in [0.4, 0.5) is 0 Å². The number of nitrogens with zero attached hydrogens (tertiary/aromatic N) is 1. The van der Waals surface area contributed by atoms with Crippen LogP contribution in [-0.4, -0.2) is 35.7 Å². The first-order valence-corrected chi connectivity index (χ1v) is 8.15. The maximum absolute atomic E-state index is 9.62. The molecule has 3 unspecified atom stereocenters. The lowest BCUT2D eigenvalue weighted by Crippen LogP contribution is -2.31. The summed E-state index contributed by atoms with van der Waals surface area (Å²) in [6, 6.07) is 11.3. The van der Waals surface area contributed by atoms with E-state index in [1.165, 1.54) is 12.0 Å². The van der Waals surface area contributed by atoms with Crippen molar-refractivity contribution in [1.29, 1.82) is 0 Å². The SMILES string of the molecule is CC.CC.CCC(O)CN(C)C1CC1c1ccccc1. The summed E-state index contributed by atoms with van der Waals surface area (Å²) in [5.41, 5.74) is 1.44. The van der Waals surface area contributed by atoms with Crippen LogP contribution in [-0.2, 0) is 0 Å². The monoisotopic (exact) mass is 279 g/mol. The molecule has 0 saturated heterocycles. The van der Waals surface area contributed by atoms with Crippen LogP contribution in [0.25, 0.3) is 0 Å². The maximum Gasteiger partial charge on any atom is 0.0664 e. The van der Waals surface area contributed by atoms with E-state index in [1.54, 1.807) is 0 Å². The minimum atomic E-state index is -0.179. The number of likely N-dealkylation sites (N-methyl/N-ethyl adjacent to an activating group) is 1. The normalized spacial score (nSPS) is 21.2. The molecule has 2 heteroatoms. The molecule has 0 bridgehead atoms. The van der Waals surface area contributed by atoms with Crippen molar-refractivity contribution in [2.24, 2.45) is 0 Å². The van der Waals surface area contributed by atoms with E-state index in [9.17, 15) is 5.11 Å². The molecule has 1 fully saturated rings. The molecule has 1 aliphatic carbocycles. The first-order valence-electron chi connectivity index (χ1n) is 8.15. The van der Waals surface area contributed by atoms with Crippen molar-refractivity contribution >= 4 is 0 Å². The number of aliphatic hydroxyl groups excluding tert-OH is 1. The molecule has 0 heterocycles. The number of hydrogen-bond donors (Lipinski definition) is 1. The van der Waals surface area contributed by atoms with Gasteiger partial charge in [-0.2, -0.15) is 0 Å². The molecule has 0 radical (unpaired) electrons. The van der Waals surface area contributed by atoms with Gasteiger partial charge in [0.05, 0.1) is 6.10 Å². The standard InChI is InChI=1S/C14H21NO.2C2H6/c1-3-12(16)10-15(2)14-9-13(14)11-7-5-4-6-8-11;2*1-2/h4-8,12-14,16H,3,9-10H2,1-2H3;2*1-2H3. The second-order valence-corrected chi connectivity index (χ2v) is 4.82. The number of rotatable bonds is 5. The summed E-state index contributed by atoms with van der Waals surface area (Å²) in [5.74, 6) is 0.676. The highest BCUT2D eigenvalue weighted by Gasteiger charge is 2.41. The van der Waals surface area contributed by atoms with Crippen LogP contribution in [0.2, 0.25) is 0 Å². The van der Waals surface area contributed by atoms with E-state index >= 15 is 0 Å². The van der Waals surface area contributed by atoms with Gasteiger partial charge in [-0.1, -0.05) is 65.0 Å². The summed E-state index contributed by atoms with van der Waals surface area (Å²) >= 11 is 0. The van der Waals surface area contributed by atoms with Crippen LogP contribution in [0.3, 0.4) is 0 Å². The van der Waals surface area contributed by atoms with Crippen molar-refractivity contribution in [3.05, 3.63) is 35.9 Å². The van der Waals surface area contributed by atoms with Gasteiger partial charge in [0.25, 0.3) is 0 Å². The van der Waals surface area contributed by atoms with Crippen molar-refractivity contribution in [3.8, 4) is 0 Å². The molecule has 2 rings (SSSR count). The van der Waals surface area contributed by atoms with Crippen molar-refractivity contribution in [2.75, 3.05) is 13.6 Å². The Morgan fingerprint density at radius 1 is 1.15 bits per heavy atom. The predicted octanol–water partition coefficient (Wildman–Crippen LogP) is 4.30. The average Bonchev–Trinajstić information content (AvgIpc) is 3.32. The van der Waals surface area contributed by atoms with Gasteiger partial charge >= 0.3 is 0 Å². The molecule has 0 spiro atoms. The Labute approximate surface area is 125 Å². The molecule has 0 aliphatic heterocycles. The number of benzene rings is 1. The van der Waals surface area contributed by atoms with Gasteiger partial charge in [-0.05, 0) is 25.5 Å². The fourth-order valence-electron chi connectivity index (χ4n) is 2.32. The van der Waals surface area contributed by atoms with Gasteiger partial charge < -0.3 is 10.0 Å². The molecule has 116 valence electrons. The van der Waals surface area contributed by atoms with Gasteiger partial charge in [0.15, 0.2) is 0 Å². The lowest BCUT2D eigenvalue weighted by atomic mass is 10.1. The molecule has 20 heavy (non-hydrogen) atoms. The Balaban J connectivity index is 0.000000829. The number of aliphatic hydroxyl groups is 1. The van der Waals surface area contributed by atoms with E-state index in [2.05, 4.69) is 42.3 Å². The fourth-order valence-corrected chi connectivity index (χ4v) is 2.32. The topological polar surface area (TPSA) is 23.5 Å². The summed E-state index contributed by atoms with van der Waals surface area (Å²) < 4.78 is 0. The van der Waals surface area contributed by atoms with E-state index in [-0.39, 0.29) is 6.10 Å². The first kappa shape index (κ1) is 19.1. The van der Waals surface area contributed by atoms with Gasteiger partial charge in [-0.3, -0.25) is 0 Å². The second-order valence-electron chi connectivity index (χ2n) is 4.82. The van der Waals surface area contributed by atoms with Crippen LogP contribution in [0.1, 0.15) is 58.9 Å². The third kappa shape index (κ3) is 6.06. The van der Waals surface area contributed by atoms with Crippen LogP contribution in [0.5, 0.6) is 0 Å². The summed E-state index contributed by atoms with van der Waals surface area (Å²) in [4.78, 5) is 2.30. The minimum absolute atomic E-state index is 0.179. The van der Waals surface area contributed by atoms with Crippen LogP contribution in [0, 0.1) is 0 Å². The van der Waals surface area contributed by atoms with Crippen LogP contribution >= 0.6 is 0 Å². The van der Waals surface area contributed by atoms with E-state index in [0.717, 1.165) is 13.0 Å². The fraction of sp³-hybridized carbons (Fsp3) is 0.667. The zero-order valence-electron chi connectivity index (χ0n) is 14.1. The van der Waals surface area contributed by atoms with E-state index in [4.69, 9.17) is 0 Å². The van der Waals surface area contributed by atoms with E-state index in [1.807, 2.05) is 34.6 Å². The highest BCUT2D eigenvalue weighted by atomic mass is 16.3. The third-order valence-electron chi connectivity index (χ3n) is 3.52. The van der Waals surface area contributed by atoms with Crippen molar-refractivity contribution < 1.29 is 5.11 Å². The largest absolute Gasteiger partial charge is 0.392 e. The second kappa shape index (κ2) is 10.9. The molecule has 1 aliphatic rings. The Hall–Kier alpha value is -0.860.